The standard InChI is InChI=1S/C12H11N/c1-2-6-12-8-4-10-13-9-3-7-11(12)5-1/h1-10,13H. The van der Waals surface area contributed by atoms with Crippen molar-refractivity contribution in [3.63, 3.8) is 0 Å². The predicted octanol–water partition coefficient (Wildman–Crippen LogP) is 3.29. The molecule has 13 heavy (non-hydrogen) atoms. The number of aromatic nitrogens is 1. The van der Waals surface area contributed by atoms with E-state index in [1.54, 1.807) is 0 Å². The highest BCUT2D eigenvalue weighted by molar-refractivity contribution is 5.80. The lowest BCUT2D eigenvalue weighted by Gasteiger charge is -1.88. The van der Waals surface area contributed by atoms with Crippen molar-refractivity contribution in [2.24, 2.45) is 0 Å². The minimum atomic E-state index is 1.24. The summed E-state index contributed by atoms with van der Waals surface area (Å²) in [5.41, 5.74) is 0. The second-order valence-corrected chi connectivity index (χ2v) is 2.85. The van der Waals surface area contributed by atoms with Gasteiger partial charge in [-0.15, -0.1) is 0 Å². The maximum absolute atomic E-state index is 3.04. The maximum Gasteiger partial charge on any atom is 0.000464 e. The molecule has 1 aromatic heterocycles. The van der Waals surface area contributed by atoms with E-state index in [-0.39, 0.29) is 0 Å². The van der Waals surface area contributed by atoms with Crippen LogP contribution in [-0.4, -0.2) is 4.98 Å². The summed E-state index contributed by atoms with van der Waals surface area (Å²) in [6, 6.07) is 16.5. The molecule has 0 unspecified atom stereocenters. The first-order valence-electron chi connectivity index (χ1n) is 4.32. The van der Waals surface area contributed by atoms with Gasteiger partial charge in [0.1, 0.15) is 0 Å². The van der Waals surface area contributed by atoms with Crippen LogP contribution in [0.25, 0.3) is 10.8 Å². The monoisotopic (exact) mass is 169 g/mol. The van der Waals surface area contributed by atoms with Gasteiger partial charge in [0, 0.05) is 12.4 Å². The number of fused-ring (bicyclic) bond motifs is 1. The molecule has 1 heterocycles. The van der Waals surface area contributed by atoms with Gasteiger partial charge in [0.15, 0.2) is 0 Å². The molecule has 0 bridgehead atoms. The van der Waals surface area contributed by atoms with Crippen LogP contribution in [0.15, 0.2) is 60.9 Å². The zero-order chi connectivity index (χ0) is 8.93. The number of aromatic amines is 1. The third-order valence-electron chi connectivity index (χ3n) is 1.93. The number of nitrogens with one attached hydrogen (secondary N) is 1. The van der Waals surface area contributed by atoms with Gasteiger partial charge in [-0.2, -0.15) is 0 Å². The van der Waals surface area contributed by atoms with E-state index < -0.39 is 0 Å². The Morgan fingerprint density at radius 2 is 1.08 bits per heavy atom. The quantitative estimate of drug-likeness (QED) is 0.622. The summed E-state index contributed by atoms with van der Waals surface area (Å²) in [5.74, 6) is 0. The van der Waals surface area contributed by atoms with Crippen molar-refractivity contribution in [3.05, 3.63) is 60.9 Å². The van der Waals surface area contributed by atoms with Gasteiger partial charge in [-0.05, 0) is 22.9 Å². The van der Waals surface area contributed by atoms with Crippen LogP contribution in [0.4, 0.5) is 0 Å². The minimum absolute atomic E-state index is 1.24. The number of rotatable bonds is 0. The van der Waals surface area contributed by atoms with Crippen LogP contribution in [0.3, 0.4) is 0 Å². The molecule has 1 heteroatoms. The Labute approximate surface area is 77.4 Å². The van der Waals surface area contributed by atoms with Crippen LogP contribution in [0, 0.1) is 0 Å². The largest absolute Gasteiger partial charge is 0.368 e. The molecule has 0 spiro atoms. The van der Waals surface area contributed by atoms with E-state index in [9.17, 15) is 0 Å². The highest BCUT2D eigenvalue weighted by atomic mass is 14.6. The molecule has 0 radical (unpaired) electrons. The Hall–Kier alpha value is -1.76. The van der Waals surface area contributed by atoms with E-state index in [0.717, 1.165) is 0 Å². The van der Waals surface area contributed by atoms with Crippen molar-refractivity contribution in [3.8, 4) is 0 Å². The summed E-state index contributed by atoms with van der Waals surface area (Å²) in [4.78, 5) is 3.04. The fourth-order valence-electron chi connectivity index (χ4n) is 1.28. The zero-order valence-corrected chi connectivity index (χ0v) is 7.27. The molecule has 2 rings (SSSR count). The molecule has 0 aliphatic rings. The molecule has 0 aliphatic heterocycles. The van der Waals surface area contributed by atoms with Crippen LogP contribution >= 0.6 is 0 Å². The van der Waals surface area contributed by atoms with Gasteiger partial charge in [-0.3, -0.25) is 0 Å². The molecule has 1 nitrogen and oxygen atoms in total. The minimum Gasteiger partial charge on any atom is -0.368 e. The van der Waals surface area contributed by atoms with Crippen LogP contribution in [0.5, 0.6) is 0 Å². The lowest BCUT2D eigenvalue weighted by atomic mass is 10.2. The SMILES string of the molecule is c1ccc2ccc[nH]cccc2c1. The molecular formula is C12H11N. The molecule has 64 valence electrons. The number of H-pyrrole nitrogens is 1. The number of hydrogen-bond acceptors (Lipinski definition) is 0. The molecule has 0 saturated carbocycles. The predicted molar refractivity (Wildman–Crippen MR) is 55.9 cm³/mol. The lowest BCUT2D eigenvalue weighted by molar-refractivity contribution is 1.36. The fourth-order valence-corrected chi connectivity index (χ4v) is 1.28. The Kier molecular flexibility index (Phi) is 2.28. The van der Waals surface area contributed by atoms with Crippen molar-refractivity contribution in [1.29, 1.82) is 0 Å². The molecule has 1 aromatic carbocycles. The summed E-state index contributed by atoms with van der Waals surface area (Å²) in [6.45, 7) is 0. The summed E-state index contributed by atoms with van der Waals surface area (Å²) >= 11 is 0. The van der Waals surface area contributed by atoms with Gasteiger partial charge < -0.3 is 4.98 Å². The van der Waals surface area contributed by atoms with Crippen molar-refractivity contribution in [1.82, 2.24) is 4.98 Å². The average Bonchev–Trinajstić information content (AvgIpc) is 2.28. The van der Waals surface area contributed by atoms with Gasteiger partial charge in [0.2, 0.25) is 0 Å². The van der Waals surface area contributed by atoms with Crippen LogP contribution < -0.4 is 0 Å². The van der Waals surface area contributed by atoms with Gasteiger partial charge in [-0.1, -0.05) is 36.4 Å². The van der Waals surface area contributed by atoms with Gasteiger partial charge >= 0.3 is 0 Å². The maximum atomic E-state index is 3.04. The first-order valence-corrected chi connectivity index (χ1v) is 4.32. The molecule has 0 saturated heterocycles. The van der Waals surface area contributed by atoms with Crippen LogP contribution in [0.1, 0.15) is 0 Å². The smallest absolute Gasteiger partial charge is 0.000464 e. The highest BCUT2D eigenvalue weighted by Crippen LogP contribution is 2.08. The van der Waals surface area contributed by atoms with E-state index in [1.165, 1.54) is 10.8 Å². The molecule has 0 fully saturated rings. The van der Waals surface area contributed by atoms with Crippen molar-refractivity contribution < 1.29 is 0 Å². The Morgan fingerprint density at radius 1 is 0.615 bits per heavy atom. The van der Waals surface area contributed by atoms with Crippen molar-refractivity contribution in [2.75, 3.05) is 0 Å². The summed E-state index contributed by atoms with van der Waals surface area (Å²) < 4.78 is 0. The third kappa shape index (κ3) is 1.88. The normalized spacial score (nSPS) is 9.54. The van der Waals surface area contributed by atoms with E-state index in [4.69, 9.17) is 0 Å². The summed E-state index contributed by atoms with van der Waals surface area (Å²) in [7, 11) is 0. The number of benzene rings is 1. The van der Waals surface area contributed by atoms with Gasteiger partial charge in [-0.25, -0.2) is 0 Å². The molecule has 2 aromatic rings. The average molecular weight is 169 g/mol. The second kappa shape index (κ2) is 3.76. The van der Waals surface area contributed by atoms with E-state index in [2.05, 4.69) is 29.2 Å². The molecule has 0 aliphatic carbocycles. The molecule has 1 N–H and O–H groups in total. The van der Waals surface area contributed by atoms with Crippen molar-refractivity contribution in [2.45, 2.75) is 0 Å². The Balaban J connectivity index is 2.82. The van der Waals surface area contributed by atoms with Crippen LogP contribution in [0.2, 0.25) is 0 Å². The Bertz CT molecular complexity index is 401. The van der Waals surface area contributed by atoms with Crippen LogP contribution in [-0.2, 0) is 0 Å². The third-order valence-corrected chi connectivity index (χ3v) is 1.93. The van der Waals surface area contributed by atoms with E-state index >= 15 is 0 Å². The Morgan fingerprint density at radius 3 is 1.62 bits per heavy atom. The van der Waals surface area contributed by atoms with E-state index in [1.807, 2.05) is 36.7 Å². The molecular weight excluding hydrogens is 158 g/mol. The second-order valence-electron chi connectivity index (χ2n) is 2.85. The number of hydrogen-bond donors (Lipinski definition) is 1. The zero-order valence-electron chi connectivity index (χ0n) is 7.27. The summed E-state index contributed by atoms with van der Waals surface area (Å²) in [5, 5.41) is 2.49. The highest BCUT2D eigenvalue weighted by Gasteiger charge is 1.83. The topological polar surface area (TPSA) is 15.8 Å². The fraction of sp³-hybridized carbons (Fsp3) is 0. The lowest BCUT2D eigenvalue weighted by Crippen LogP contribution is -1.63. The first-order chi connectivity index (χ1) is 6.47. The first kappa shape index (κ1) is 7.87. The van der Waals surface area contributed by atoms with E-state index in [0.29, 0.717) is 0 Å². The van der Waals surface area contributed by atoms with Gasteiger partial charge in [0.05, 0.1) is 0 Å². The molecule has 0 atom stereocenters. The summed E-state index contributed by atoms with van der Waals surface area (Å²) in [6.07, 6.45) is 3.82. The van der Waals surface area contributed by atoms with Crippen molar-refractivity contribution >= 4 is 10.8 Å². The molecule has 0 amide bonds. The van der Waals surface area contributed by atoms with Gasteiger partial charge in [0.25, 0.3) is 0 Å².